The largest absolute Gasteiger partial charge is 0.478 e. The second kappa shape index (κ2) is 6.55. The van der Waals surface area contributed by atoms with Crippen LogP contribution in [0.5, 0.6) is 0 Å². The number of hydrogen-bond acceptors (Lipinski definition) is 3. The first kappa shape index (κ1) is 15.5. The van der Waals surface area contributed by atoms with E-state index in [4.69, 9.17) is 5.11 Å². The Bertz CT molecular complexity index is 542. The van der Waals surface area contributed by atoms with Crippen molar-refractivity contribution in [3.8, 4) is 0 Å². The molecular weight excluding hydrogens is 262 g/mol. The van der Waals surface area contributed by atoms with Gasteiger partial charge < -0.3 is 21.1 Å². The third-order valence-electron chi connectivity index (χ3n) is 2.71. The van der Waals surface area contributed by atoms with Crippen LogP contribution in [0.3, 0.4) is 0 Å². The summed E-state index contributed by atoms with van der Waals surface area (Å²) in [6, 6.07) is 3.28. The second-order valence-electron chi connectivity index (χ2n) is 4.27. The van der Waals surface area contributed by atoms with Crippen molar-refractivity contribution in [2.45, 2.75) is 19.9 Å². The van der Waals surface area contributed by atoms with Crippen LogP contribution in [-0.2, 0) is 4.79 Å². The van der Waals surface area contributed by atoms with Gasteiger partial charge in [0.15, 0.2) is 0 Å². The molecule has 0 aliphatic carbocycles. The number of hydrogen-bond donors (Lipinski definition) is 4. The van der Waals surface area contributed by atoms with Crippen LogP contribution in [0.1, 0.15) is 22.8 Å². The highest BCUT2D eigenvalue weighted by molar-refractivity contribution is 5.95. The first-order valence-electron chi connectivity index (χ1n) is 5.98. The van der Waals surface area contributed by atoms with Gasteiger partial charge in [0, 0.05) is 12.7 Å². The van der Waals surface area contributed by atoms with Crippen LogP contribution in [0.4, 0.5) is 10.5 Å². The number of likely N-dealkylation sites (N-methyl/N-ethyl adjacent to an activating group) is 1. The highest BCUT2D eigenvalue weighted by atomic mass is 16.4. The van der Waals surface area contributed by atoms with Crippen LogP contribution in [0.2, 0.25) is 0 Å². The standard InChI is InChI=1S/C13H17N3O4/c1-7-4-5-9(6-10(7)12(18)19)16-13(20)15-8(2)11(17)14-3/h4-6,8H,1-3H3,(H,14,17)(H,18,19)(H2,15,16,20). The normalized spacial score (nSPS) is 11.3. The summed E-state index contributed by atoms with van der Waals surface area (Å²) in [6.07, 6.45) is 0. The summed E-state index contributed by atoms with van der Waals surface area (Å²) < 4.78 is 0. The summed E-state index contributed by atoms with van der Waals surface area (Å²) in [5, 5.41) is 16.3. The number of carboxylic acids is 1. The van der Waals surface area contributed by atoms with Gasteiger partial charge in [-0.15, -0.1) is 0 Å². The molecule has 0 heterocycles. The van der Waals surface area contributed by atoms with E-state index in [9.17, 15) is 14.4 Å². The monoisotopic (exact) mass is 279 g/mol. The Balaban J connectivity index is 2.74. The number of amides is 3. The van der Waals surface area contributed by atoms with Crippen LogP contribution in [-0.4, -0.2) is 36.1 Å². The molecule has 0 saturated carbocycles. The maximum absolute atomic E-state index is 11.7. The maximum atomic E-state index is 11.7. The Kier molecular flexibility index (Phi) is 5.08. The van der Waals surface area contributed by atoms with Gasteiger partial charge in [0.25, 0.3) is 0 Å². The van der Waals surface area contributed by atoms with Crippen molar-refractivity contribution >= 4 is 23.6 Å². The number of aromatic carboxylic acids is 1. The highest BCUT2D eigenvalue weighted by Crippen LogP contribution is 2.15. The molecule has 7 nitrogen and oxygen atoms in total. The summed E-state index contributed by atoms with van der Waals surface area (Å²) in [6.45, 7) is 3.21. The van der Waals surface area contributed by atoms with Crippen molar-refractivity contribution in [3.63, 3.8) is 0 Å². The number of nitrogens with one attached hydrogen (secondary N) is 3. The van der Waals surface area contributed by atoms with Crippen molar-refractivity contribution in [1.82, 2.24) is 10.6 Å². The lowest BCUT2D eigenvalue weighted by Gasteiger charge is -2.13. The molecule has 0 fully saturated rings. The molecule has 1 aromatic carbocycles. The number of benzene rings is 1. The quantitative estimate of drug-likeness (QED) is 0.658. The number of rotatable bonds is 4. The van der Waals surface area contributed by atoms with E-state index in [0.29, 0.717) is 11.3 Å². The second-order valence-corrected chi connectivity index (χ2v) is 4.27. The van der Waals surface area contributed by atoms with Crippen molar-refractivity contribution in [1.29, 1.82) is 0 Å². The average Bonchev–Trinajstić information content (AvgIpc) is 2.39. The fourth-order valence-corrected chi connectivity index (χ4v) is 1.58. The molecule has 0 saturated heterocycles. The molecule has 0 bridgehead atoms. The third-order valence-corrected chi connectivity index (χ3v) is 2.71. The van der Waals surface area contributed by atoms with Gasteiger partial charge in [-0.05, 0) is 31.5 Å². The van der Waals surface area contributed by atoms with E-state index >= 15 is 0 Å². The highest BCUT2D eigenvalue weighted by Gasteiger charge is 2.14. The minimum absolute atomic E-state index is 0.113. The van der Waals surface area contributed by atoms with Crippen LogP contribution < -0.4 is 16.0 Å². The van der Waals surface area contributed by atoms with E-state index in [1.165, 1.54) is 20.0 Å². The number of aryl methyl sites for hydroxylation is 1. The predicted octanol–water partition coefficient (Wildman–Crippen LogP) is 0.949. The van der Waals surface area contributed by atoms with Crippen LogP contribution >= 0.6 is 0 Å². The first-order chi connectivity index (χ1) is 9.35. The molecule has 1 unspecified atom stereocenters. The number of urea groups is 1. The average molecular weight is 279 g/mol. The zero-order valence-corrected chi connectivity index (χ0v) is 11.5. The molecule has 4 N–H and O–H groups in total. The molecular formula is C13H17N3O4. The van der Waals surface area contributed by atoms with Gasteiger partial charge in [-0.25, -0.2) is 9.59 Å². The molecule has 7 heteroatoms. The minimum Gasteiger partial charge on any atom is -0.478 e. The zero-order chi connectivity index (χ0) is 15.3. The first-order valence-corrected chi connectivity index (χ1v) is 5.98. The van der Waals surface area contributed by atoms with Gasteiger partial charge in [0.05, 0.1) is 5.56 Å². The topological polar surface area (TPSA) is 108 Å². The molecule has 0 aliphatic rings. The Morgan fingerprint density at radius 1 is 1.25 bits per heavy atom. The van der Waals surface area contributed by atoms with E-state index in [-0.39, 0.29) is 11.5 Å². The summed E-state index contributed by atoms with van der Waals surface area (Å²) in [5.74, 6) is -1.39. The van der Waals surface area contributed by atoms with E-state index in [1.54, 1.807) is 19.1 Å². The molecule has 1 atom stereocenters. The third kappa shape index (κ3) is 3.98. The Hall–Kier alpha value is -2.57. The molecule has 1 rings (SSSR count). The lowest BCUT2D eigenvalue weighted by Crippen LogP contribution is -2.45. The van der Waals surface area contributed by atoms with Crippen LogP contribution in [0.25, 0.3) is 0 Å². The van der Waals surface area contributed by atoms with E-state index < -0.39 is 18.0 Å². The molecule has 0 aliphatic heterocycles. The predicted molar refractivity (Wildman–Crippen MR) is 73.8 cm³/mol. The number of carbonyl (C=O) groups excluding carboxylic acids is 2. The van der Waals surface area contributed by atoms with Crippen molar-refractivity contribution in [2.75, 3.05) is 12.4 Å². The summed E-state index contributed by atoms with van der Waals surface area (Å²) in [4.78, 5) is 33.9. The van der Waals surface area contributed by atoms with Crippen LogP contribution in [0.15, 0.2) is 18.2 Å². The molecule has 20 heavy (non-hydrogen) atoms. The molecule has 1 aromatic rings. The number of carbonyl (C=O) groups is 3. The minimum atomic E-state index is -1.06. The van der Waals surface area contributed by atoms with E-state index in [2.05, 4.69) is 16.0 Å². The summed E-state index contributed by atoms with van der Waals surface area (Å²) in [5.41, 5.74) is 1.05. The molecule has 0 radical (unpaired) electrons. The zero-order valence-electron chi connectivity index (χ0n) is 11.5. The SMILES string of the molecule is CNC(=O)C(C)NC(=O)Nc1ccc(C)c(C(=O)O)c1. The maximum Gasteiger partial charge on any atom is 0.336 e. The summed E-state index contributed by atoms with van der Waals surface area (Å²) >= 11 is 0. The lowest BCUT2D eigenvalue weighted by atomic mass is 10.1. The van der Waals surface area contributed by atoms with Crippen LogP contribution in [0, 0.1) is 6.92 Å². The van der Waals surface area contributed by atoms with Gasteiger partial charge in [-0.3, -0.25) is 4.79 Å². The molecule has 3 amide bonds. The lowest BCUT2D eigenvalue weighted by molar-refractivity contribution is -0.122. The van der Waals surface area contributed by atoms with Gasteiger partial charge in [0.1, 0.15) is 6.04 Å². The Morgan fingerprint density at radius 3 is 2.45 bits per heavy atom. The Morgan fingerprint density at radius 2 is 1.90 bits per heavy atom. The van der Waals surface area contributed by atoms with Gasteiger partial charge in [-0.2, -0.15) is 0 Å². The fraction of sp³-hybridized carbons (Fsp3) is 0.308. The number of anilines is 1. The van der Waals surface area contributed by atoms with E-state index in [1.807, 2.05) is 0 Å². The molecule has 0 spiro atoms. The van der Waals surface area contributed by atoms with Gasteiger partial charge >= 0.3 is 12.0 Å². The smallest absolute Gasteiger partial charge is 0.336 e. The molecule has 108 valence electrons. The Labute approximate surface area is 116 Å². The van der Waals surface area contributed by atoms with Gasteiger partial charge in [0.2, 0.25) is 5.91 Å². The number of carboxylic acid groups (broad SMARTS) is 1. The van der Waals surface area contributed by atoms with E-state index in [0.717, 1.165) is 0 Å². The molecule has 0 aromatic heterocycles. The van der Waals surface area contributed by atoms with Gasteiger partial charge in [-0.1, -0.05) is 6.07 Å². The van der Waals surface area contributed by atoms with Crippen molar-refractivity contribution < 1.29 is 19.5 Å². The fourth-order valence-electron chi connectivity index (χ4n) is 1.58. The van der Waals surface area contributed by atoms with Crippen molar-refractivity contribution in [3.05, 3.63) is 29.3 Å². The van der Waals surface area contributed by atoms with Crippen molar-refractivity contribution in [2.24, 2.45) is 0 Å². The summed E-state index contributed by atoms with van der Waals surface area (Å²) in [7, 11) is 1.47.